The van der Waals surface area contributed by atoms with Crippen molar-refractivity contribution in [2.45, 2.75) is 25.6 Å². The fourth-order valence-corrected chi connectivity index (χ4v) is 3.05. The Kier molecular flexibility index (Phi) is 5.53. The highest BCUT2D eigenvalue weighted by molar-refractivity contribution is 5.89. The molecule has 0 spiro atoms. The van der Waals surface area contributed by atoms with Crippen molar-refractivity contribution in [3.8, 4) is 0 Å². The molecule has 2 atom stereocenters. The van der Waals surface area contributed by atoms with Crippen LogP contribution in [0.5, 0.6) is 0 Å². The maximum Gasteiger partial charge on any atom is 0.412 e. The third-order valence-corrected chi connectivity index (χ3v) is 4.61. The molecule has 0 bridgehead atoms. The molecule has 1 heterocycles. The number of nitrogens with zero attached hydrogens (tertiary/aromatic N) is 2. The quantitative estimate of drug-likeness (QED) is 0.896. The molecule has 1 N–H and O–H groups in total. The van der Waals surface area contributed by atoms with E-state index in [4.69, 9.17) is 4.74 Å². The van der Waals surface area contributed by atoms with Crippen LogP contribution in [0.4, 0.5) is 4.79 Å². The van der Waals surface area contributed by atoms with Crippen LogP contribution in [-0.2, 0) is 16.1 Å². The van der Waals surface area contributed by atoms with E-state index in [0.717, 1.165) is 11.1 Å². The molecule has 2 aromatic carbocycles. The summed E-state index contributed by atoms with van der Waals surface area (Å²) in [6.45, 7) is 1.68. The Morgan fingerprint density at radius 1 is 1.15 bits per heavy atom. The van der Waals surface area contributed by atoms with Crippen molar-refractivity contribution in [3.05, 3.63) is 71.8 Å². The number of aliphatic hydroxyl groups is 1. The van der Waals surface area contributed by atoms with E-state index in [2.05, 4.69) is 0 Å². The van der Waals surface area contributed by atoms with Crippen molar-refractivity contribution >= 4 is 12.0 Å². The number of carbonyl (C=O) groups is 2. The van der Waals surface area contributed by atoms with Gasteiger partial charge in [-0.1, -0.05) is 60.7 Å². The van der Waals surface area contributed by atoms with E-state index in [0.29, 0.717) is 0 Å². The van der Waals surface area contributed by atoms with Gasteiger partial charge in [0.25, 0.3) is 0 Å². The topological polar surface area (TPSA) is 70.1 Å². The highest BCUT2D eigenvalue weighted by Gasteiger charge is 2.43. The van der Waals surface area contributed by atoms with Crippen molar-refractivity contribution in [1.29, 1.82) is 0 Å². The molecule has 1 fully saturated rings. The third-order valence-electron chi connectivity index (χ3n) is 4.61. The number of hydrogen-bond acceptors (Lipinski definition) is 4. The van der Waals surface area contributed by atoms with Crippen LogP contribution in [0.15, 0.2) is 60.7 Å². The van der Waals surface area contributed by atoms with Gasteiger partial charge in [0.15, 0.2) is 0 Å². The highest BCUT2D eigenvalue weighted by atomic mass is 16.6. The van der Waals surface area contributed by atoms with Crippen molar-refractivity contribution in [2.24, 2.45) is 0 Å². The second-order valence-corrected chi connectivity index (χ2v) is 6.24. The summed E-state index contributed by atoms with van der Waals surface area (Å²) in [5.74, 6) is -0.277. The summed E-state index contributed by atoms with van der Waals surface area (Å²) >= 11 is 0. The van der Waals surface area contributed by atoms with Gasteiger partial charge in [-0.15, -0.1) is 0 Å². The molecule has 6 heteroatoms. The van der Waals surface area contributed by atoms with Crippen LogP contribution in [0.2, 0.25) is 0 Å². The normalized spacial score (nSPS) is 18.1. The lowest BCUT2D eigenvalue weighted by atomic mass is 10.1. The van der Waals surface area contributed by atoms with E-state index in [-0.39, 0.29) is 25.2 Å². The monoisotopic (exact) mass is 354 g/mol. The van der Waals surface area contributed by atoms with E-state index in [1.807, 2.05) is 67.6 Å². The van der Waals surface area contributed by atoms with Crippen LogP contribution in [0.3, 0.4) is 0 Å². The molecule has 1 saturated heterocycles. The van der Waals surface area contributed by atoms with Crippen molar-refractivity contribution < 1.29 is 19.4 Å². The second kappa shape index (κ2) is 8.01. The number of carbonyl (C=O) groups excluding carboxylic acids is 2. The van der Waals surface area contributed by atoms with Crippen LogP contribution in [-0.4, -0.2) is 46.2 Å². The minimum absolute atomic E-state index is 0.0910. The van der Waals surface area contributed by atoms with Crippen molar-refractivity contribution in [2.75, 3.05) is 13.3 Å². The number of aliphatic hydroxyl groups excluding tert-OH is 1. The summed E-state index contributed by atoms with van der Waals surface area (Å²) < 4.78 is 5.32. The van der Waals surface area contributed by atoms with E-state index in [1.54, 1.807) is 4.90 Å². The predicted octanol–water partition coefficient (Wildman–Crippen LogP) is 2.55. The van der Waals surface area contributed by atoms with Gasteiger partial charge in [0.2, 0.25) is 5.91 Å². The third kappa shape index (κ3) is 3.70. The van der Waals surface area contributed by atoms with E-state index in [1.165, 1.54) is 4.90 Å². The zero-order valence-electron chi connectivity index (χ0n) is 14.6. The molecule has 1 aliphatic heterocycles. The number of rotatable bonds is 5. The Balaban J connectivity index is 1.69. The van der Waals surface area contributed by atoms with Crippen LogP contribution in [0.1, 0.15) is 24.1 Å². The van der Waals surface area contributed by atoms with Crippen LogP contribution < -0.4 is 0 Å². The molecule has 0 radical (unpaired) electrons. The van der Waals surface area contributed by atoms with Crippen LogP contribution >= 0.6 is 0 Å². The number of ether oxygens (including phenoxy) is 1. The Morgan fingerprint density at radius 2 is 1.77 bits per heavy atom. The summed E-state index contributed by atoms with van der Waals surface area (Å²) in [4.78, 5) is 28.0. The van der Waals surface area contributed by atoms with Gasteiger partial charge in [-0.2, -0.15) is 0 Å². The van der Waals surface area contributed by atoms with Crippen molar-refractivity contribution in [1.82, 2.24) is 9.80 Å². The molecule has 3 rings (SSSR count). The van der Waals surface area contributed by atoms with E-state index >= 15 is 0 Å². The fraction of sp³-hybridized carbons (Fsp3) is 0.300. The van der Waals surface area contributed by atoms with Gasteiger partial charge in [0, 0.05) is 0 Å². The zero-order valence-corrected chi connectivity index (χ0v) is 14.6. The first kappa shape index (κ1) is 17.9. The minimum atomic E-state index is -0.913. The average Bonchev–Trinajstić information content (AvgIpc) is 3.03. The van der Waals surface area contributed by atoms with Gasteiger partial charge in [-0.25, -0.2) is 4.79 Å². The summed E-state index contributed by atoms with van der Waals surface area (Å²) in [5, 5.41) is 9.61. The standard InChI is InChI=1S/C20H22N2O4/c1-15(17-10-6-3-7-11-17)21-14-22(18(12-23)19(21)24)20(25)26-13-16-8-4-2-5-9-16/h2-11,15,18,23H,12-14H2,1H3/t15-,18+/m0/s1. The SMILES string of the molecule is C[C@@H](c1ccccc1)N1CN(C(=O)OCc2ccccc2)[C@H](CO)C1=O. The van der Waals surface area contributed by atoms with Gasteiger partial charge >= 0.3 is 6.09 Å². The Labute approximate surface area is 152 Å². The zero-order chi connectivity index (χ0) is 18.5. The van der Waals surface area contributed by atoms with Gasteiger partial charge in [-0.3, -0.25) is 9.69 Å². The van der Waals surface area contributed by atoms with Gasteiger partial charge in [0.1, 0.15) is 19.3 Å². The summed E-state index contributed by atoms with van der Waals surface area (Å²) in [5.41, 5.74) is 1.83. The Morgan fingerprint density at radius 3 is 2.38 bits per heavy atom. The lowest BCUT2D eigenvalue weighted by Gasteiger charge is -2.24. The van der Waals surface area contributed by atoms with E-state index in [9.17, 15) is 14.7 Å². The molecule has 0 aromatic heterocycles. The fourth-order valence-electron chi connectivity index (χ4n) is 3.05. The predicted molar refractivity (Wildman–Crippen MR) is 95.9 cm³/mol. The molecule has 0 saturated carbocycles. The lowest BCUT2D eigenvalue weighted by molar-refractivity contribution is -0.131. The molecule has 136 valence electrons. The smallest absolute Gasteiger partial charge is 0.412 e. The van der Waals surface area contributed by atoms with Crippen LogP contribution in [0.25, 0.3) is 0 Å². The molecule has 0 aliphatic carbocycles. The number of benzene rings is 2. The molecule has 2 amide bonds. The maximum absolute atomic E-state index is 12.7. The Bertz CT molecular complexity index is 751. The van der Waals surface area contributed by atoms with Crippen LogP contribution in [0, 0.1) is 0 Å². The Hall–Kier alpha value is -2.86. The second-order valence-electron chi connectivity index (χ2n) is 6.24. The molecule has 26 heavy (non-hydrogen) atoms. The molecule has 2 aromatic rings. The minimum Gasteiger partial charge on any atom is -0.444 e. The number of hydrogen-bond donors (Lipinski definition) is 1. The summed E-state index contributed by atoms with van der Waals surface area (Å²) in [7, 11) is 0. The molecule has 1 aliphatic rings. The maximum atomic E-state index is 12.7. The lowest BCUT2D eigenvalue weighted by Crippen LogP contribution is -2.40. The summed E-state index contributed by atoms with van der Waals surface area (Å²) in [6.07, 6.45) is -0.607. The van der Waals surface area contributed by atoms with E-state index < -0.39 is 18.7 Å². The molecular weight excluding hydrogens is 332 g/mol. The molecular formula is C20H22N2O4. The first-order valence-corrected chi connectivity index (χ1v) is 8.55. The van der Waals surface area contributed by atoms with Crippen molar-refractivity contribution in [3.63, 3.8) is 0 Å². The highest BCUT2D eigenvalue weighted by Crippen LogP contribution is 2.27. The van der Waals surface area contributed by atoms with Gasteiger partial charge in [0.05, 0.1) is 12.6 Å². The molecule has 6 nitrogen and oxygen atoms in total. The number of amides is 2. The first-order valence-electron chi connectivity index (χ1n) is 8.55. The largest absolute Gasteiger partial charge is 0.444 e. The summed E-state index contributed by atoms with van der Waals surface area (Å²) in [6, 6.07) is 17.8. The first-order chi connectivity index (χ1) is 12.6. The molecule has 0 unspecified atom stereocenters. The average molecular weight is 354 g/mol. The van der Waals surface area contributed by atoms with Gasteiger partial charge in [-0.05, 0) is 18.1 Å². The van der Waals surface area contributed by atoms with Gasteiger partial charge < -0.3 is 14.7 Å².